The first-order valence-electron chi connectivity index (χ1n) is 11.8. The summed E-state index contributed by atoms with van der Waals surface area (Å²) in [5.41, 5.74) is 9.45. The number of hydrogen-bond donors (Lipinski definition) is 2. The van der Waals surface area contributed by atoms with Crippen molar-refractivity contribution in [1.82, 2.24) is 14.5 Å². The lowest BCUT2D eigenvalue weighted by atomic mass is 9.87. The minimum absolute atomic E-state index is 0.0176. The maximum atomic E-state index is 13.2. The average Bonchev–Trinajstić information content (AvgIpc) is 3.35. The van der Waals surface area contributed by atoms with E-state index in [0.717, 1.165) is 16.7 Å². The Morgan fingerprint density at radius 2 is 1.81 bits per heavy atom. The van der Waals surface area contributed by atoms with Gasteiger partial charge >= 0.3 is 0 Å². The zero-order valence-electron chi connectivity index (χ0n) is 20.0. The predicted octanol–water partition coefficient (Wildman–Crippen LogP) is 3.55. The van der Waals surface area contributed by atoms with Gasteiger partial charge in [-0.25, -0.2) is 9.97 Å². The van der Waals surface area contributed by atoms with Gasteiger partial charge in [-0.05, 0) is 47.4 Å². The van der Waals surface area contributed by atoms with Crippen LogP contribution in [0.25, 0.3) is 22.7 Å². The maximum Gasteiger partial charge on any atom is 0.297 e. The van der Waals surface area contributed by atoms with Gasteiger partial charge < -0.3 is 20.2 Å². The number of benzene rings is 3. The number of rotatable bonds is 4. The Kier molecular flexibility index (Phi) is 5.26. The summed E-state index contributed by atoms with van der Waals surface area (Å²) in [6, 6.07) is 22.2. The van der Waals surface area contributed by atoms with E-state index in [9.17, 15) is 14.7 Å². The molecule has 0 radical (unpaired) electrons. The molecule has 0 fully saturated rings. The number of carbonyl (C=O) groups excluding carboxylic acids is 1. The van der Waals surface area contributed by atoms with Crippen LogP contribution in [0.5, 0.6) is 5.75 Å². The zero-order chi connectivity index (χ0) is 25.7. The molecule has 0 saturated heterocycles. The maximum absolute atomic E-state index is 13.2. The molecule has 5 aromatic rings. The van der Waals surface area contributed by atoms with Crippen molar-refractivity contribution in [3.8, 4) is 17.3 Å². The number of nitrogens with zero attached hydrogens (tertiary/aromatic N) is 4. The molecule has 3 aromatic carbocycles. The van der Waals surface area contributed by atoms with E-state index in [1.54, 1.807) is 25.2 Å². The SMILES string of the molecule is Cn1c(N2CCc3cc(C(N)=O)ccc3[C@H]2c2ccccc2)nc(-c2nc3ccccc3o2)c(O)c1=O. The van der Waals surface area contributed by atoms with Gasteiger partial charge in [0.2, 0.25) is 17.6 Å². The number of para-hydroxylation sites is 2. The number of primary amides is 1. The van der Waals surface area contributed by atoms with Crippen LogP contribution in [0.3, 0.4) is 0 Å². The number of fused-ring (bicyclic) bond motifs is 2. The average molecular weight is 494 g/mol. The summed E-state index contributed by atoms with van der Waals surface area (Å²) in [4.78, 5) is 36.2. The highest BCUT2D eigenvalue weighted by Crippen LogP contribution is 2.39. The first-order valence-corrected chi connectivity index (χ1v) is 11.8. The van der Waals surface area contributed by atoms with Gasteiger partial charge in [-0.1, -0.05) is 48.5 Å². The molecule has 184 valence electrons. The Balaban J connectivity index is 1.54. The molecule has 37 heavy (non-hydrogen) atoms. The number of aromatic hydroxyl groups is 1. The summed E-state index contributed by atoms with van der Waals surface area (Å²) in [6.45, 7) is 0.507. The summed E-state index contributed by atoms with van der Waals surface area (Å²) in [5, 5.41) is 10.7. The van der Waals surface area contributed by atoms with Crippen LogP contribution in [0.4, 0.5) is 5.95 Å². The van der Waals surface area contributed by atoms with Crippen LogP contribution in [-0.2, 0) is 13.5 Å². The molecule has 3 N–H and O–H groups in total. The van der Waals surface area contributed by atoms with Crippen molar-refractivity contribution in [3.63, 3.8) is 0 Å². The molecule has 1 aliphatic rings. The number of aromatic nitrogens is 3. The van der Waals surface area contributed by atoms with E-state index >= 15 is 0 Å². The highest BCUT2D eigenvalue weighted by molar-refractivity contribution is 5.93. The number of carbonyl (C=O) groups is 1. The quantitative estimate of drug-likeness (QED) is 0.392. The molecular formula is C28H23N5O4. The Labute approximate surface area is 211 Å². The molecular weight excluding hydrogens is 470 g/mol. The third-order valence-corrected chi connectivity index (χ3v) is 6.77. The highest BCUT2D eigenvalue weighted by Gasteiger charge is 2.33. The minimum Gasteiger partial charge on any atom is -0.501 e. The molecule has 0 saturated carbocycles. The predicted molar refractivity (Wildman–Crippen MR) is 138 cm³/mol. The Morgan fingerprint density at radius 1 is 1.05 bits per heavy atom. The van der Waals surface area contributed by atoms with Crippen molar-refractivity contribution in [2.24, 2.45) is 12.8 Å². The van der Waals surface area contributed by atoms with Gasteiger partial charge in [-0.15, -0.1) is 0 Å². The summed E-state index contributed by atoms with van der Waals surface area (Å²) in [7, 11) is 1.58. The van der Waals surface area contributed by atoms with E-state index < -0.39 is 17.2 Å². The van der Waals surface area contributed by atoms with Crippen molar-refractivity contribution in [2.45, 2.75) is 12.5 Å². The van der Waals surface area contributed by atoms with Crippen LogP contribution in [0.2, 0.25) is 0 Å². The third-order valence-electron chi connectivity index (χ3n) is 6.77. The van der Waals surface area contributed by atoms with Crippen molar-refractivity contribution >= 4 is 23.0 Å². The number of amides is 1. The minimum atomic E-state index is -0.607. The van der Waals surface area contributed by atoms with Gasteiger partial charge in [-0.3, -0.25) is 14.2 Å². The summed E-state index contributed by atoms with van der Waals surface area (Å²) in [5.74, 6) is -0.583. The van der Waals surface area contributed by atoms with Gasteiger partial charge in [-0.2, -0.15) is 0 Å². The van der Waals surface area contributed by atoms with Gasteiger partial charge in [0.1, 0.15) is 5.52 Å². The number of hydrogen-bond acceptors (Lipinski definition) is 7. The van der Waals surface area contributed by atoms with E-state index in [1.807, 2.05) is 59.5 Å². The molecule has 9 nitrogen and oxygen atoms in total. The number of anilines is 1. The van der Waals surface area contributed by atoms with E-state index in [-0.39, 0.29) is 17.6 Å². The van der Waals surface area contributed by atoms with Gasteiger partial charge in [0.25, 0.3) is 11.4 Å². The molecule has 2 aromatic heterocycles. The molecule has 1 amide bonds. The Bertz CT molecular complexity index is 1690. The van der Waals surface area contributed by atoms with Crippen LogP contribution < -0.4 is 16.2 Å². The van der Waals surface area contributed by atoms with Crippen LogP contribution in [0.15, 0.2) is 82.0 Å². The summed E-state index contributed by atoms with van der Waals surface area (Å²) < 4.78 is 7.16. The monoisotopic (exact) mass is 493 g/mol. The Morgan fingerprint density at radius 3 is 2.57 bits per heavy atom. The van der Waals surface area contributed by atoms with Gasteiger partial charge in [0.15, 0.2) is 11.3 Å². The second kappa shape index (κ2) is 8.63. The second-order valence-electron chi connectivity index (χ2n) is 8.99. The van der Waals surface area contributed by atoms with Crippen LogP contribution in [0.1, 0.15) is 33.1 Å². The lowest BCUT2D eigenvalue weighted by molar-refractivity contribution is 0.1000. The largest absolute Gasteiger partial charge is 0.501 e. The fourth-order valence-electron chi connectivity index (χ4n) is 4.95. The fourth-order valence-corrected chi connectivity index (χ4v) is 4.95. The molecule has 3 heterocycles. The molecule has 1 atom stereocenters. The normalized spacial score (nSPS) is 15.1. The summed E-state index contributed by atoms with van der Waals surface area (Å²) >= 11 is 0. The topological polar surface area (TPSA) is 127 Å². The van der Waals surface area contributed by atoms with E-state index in [2.05, 4.69) is 4.98 Å². The first kappa shape index (κ1) is 22.5. The van der Waals surface area contributed by atoms with Crippen molar-refractivity contribution in [2.75, 3.05) is 11.4 Å². The lowest BCUT2D eigenvalue weighted by Gasteiger charge is -2.39. The standard InChI is InChI=1S/C28H23N5O4/c1-32-27(36)24(34)22(26-30-20-9-5-6-10-21(20)37-26)31-28(32)33-14-13-17-15-18(25(29)35)11-12-19(17)23(33)16-7-3-2-4-8-16/h2-12,15,23,34H,13-14H2,1H3,(H2,29,35)/t23-/m1/s1. The Hall–Kier alpha value is -4.92. The number of nitrogens with two attached hydrogens (primary N) is 1. The van der Waals surface area contributed by atoms with Gasteiger partial charge in [0, 0.05) is 19.2 Å². The van der Waals surface area contributed by atoms with Crippen molar-refractivity contribution < 1.29 is 14.3 Å². The van der Waals surface area contributed by atoms with Crippen molar-refractivity contribution in [3.05, 3.63) is 105 Å². The van der Waals surface area contributed by atoms with Crippen LogP contribution in [-0.4, -0.2) is 32.1 Å². The van der Waals surface area contributed by atoms with Gasteiger partial charge in [0.05, 0.1) is 6.04 Å². The molecule has 6 rings (SSSR count). The fraction of sp³-hybridized carbons (Fsp3) is 0.143. The molecule has 0 unspecified atom stereocenters. The molecule has 9 heteroatoms. The number of oxazole rings is 1. The smallest absolute Gasteiger partial charge is 0.297 e. The lowest BCUT2D eigenvalue weighted by Crippen LogP contribution is -2.40. The molecule has 0 spiro atoms. The highest BCUT2D eigenvalue weighted by atomic mass is 16.4. The molecule has 0 bridgehead atoms. The molecule has 1 aliphatic heterocycles. The van der Waals surface area contributed by atoms with E-state index in [1.165, 1.54) is 4.57 Å². The van der Waals surface area contributed by atoms with Crippen LogP contribution >= 0.6 is 0 Å². The zero-order valence-corrected chi connectivity index (χ0v) is 20.0. The van der Waals surface area contributed by atoms with Crippen LogP contribution in [0, 0.1) is 0 Å². The summed E-state index contributed by atoms with van der Waals surface area (Å²) in [6.07, 6.45) is 0.606. The van der Waals surface area contributed by atoms with E-state index in [0.29, 0.717) is 35.6 Å². The third kappa shape index (κ3) is 3.72. The second-order valence-corrected chi connectivity index (χ2v) is 8.99. The first-order chi connectivity index (χ1) is 17.9. The molecule has 0 aliphatic carbocycles. The van der Waals surface area contributed by atoms with Crippen molar-refractivity contribution in [1.29, 1.82) is 0 Å². The van der Waals surface area contributed by atoms with E-state index in [4.69, 9.17) is 15.1 Å².